The van der Waals surface area contributed by atoms with Gasteiger partial charge in [0.05, 0.1) is 0 Å². The number of fused-ring (bicyclic) bond motifs is 2. The molecule has 1 saturated heterocycles. The number of phosphoric acid groups is 1. The normalized spacial score (nSPS) is 21.6. The molecule has 0 unspecified atom stereocenters. The third-order valence-electron chi connectivity index (χ3n) is 6.20. The second kappa shape index (κ2) is 9.11. The lowest BCUT2D eigenvalue weighted by Crippen LogP contribution is -2.49. The van der Waals surface area contributed by atoms with Crippen LogP contribution in [0.4, 0.5) is 0 Å². The van der Waals surface area contributed by atoms with E-state index in [1.54, 1.807) is 6.07 Å². The Kier molecular flexibility index (Phi) is 6.49. The SMILES string of the molecule is CCCN1CCC[C@@H]2Cc3c(ccc(OP(=O)(O)O)c3OCc3ccccc3)C[C@H]21. The lowest BCUT2D eigenvalue weighted by atomic mass is 9.75. The molecule has 0 radical (unpaired) electrons. The van der Waals surface area contributed by atoms with Crippen LogP contribution in [0, 0.1) is 5.92 Å². The van der Waals surface area contributed by atoms with E-state index in [4.69, 9.17) is 9.26 Å². The number of ether oxygens (including phenoxy) is 1. The highest BCUT2D eigenvalue weighted by molar-refractivity contribution is 7.46. The van der Waals surface area contributed by atoms with Gasteiger partial charge in [0, 0.05) is 11.6 Å². The topological polar surface area (TPSA) is 79.2 Å². The molecule has 1 fully saturated rings. The Balaban J connectivity index is 1.66. The number of phosphoric ester groups is 1. The zero-order valence-corrected chi connectivity index (χ0v) is 18.3. The molecule has 0 bridgehead atoms. The van der Waals surface area contributed by atoms with Crippen LogP contribution in [0.25, 0.3) is 0 Å². The van der Waals surface area contributed by atoms with Crippen molar-refractivity contribution in [2.45, 2.75) is 51.7 Å². The molecule has 4 rings (SSSR count). The summed E-state index contributed by atoms with van der Waals surface area (Å²) >= 11 is 0. The van der Waals surface area contributed by atoms with Crippen molar-refractivity contribution in [3.05, 3.63) is 59.2 Å². The first-order valence-corrected chi connectivity index (χ1v) is 12.3. The van der Waals surface area contributed by atoms with Crippen LogP contribution < -0.4 is 9.26 Å². The Labute approximate surface area is 178 Å². The molecule has 1 heterocycles. The summed E-state index contributed by atoms with van der Waals surface area (Å²) in [7, 11) is -4.68. The fourth-order valence-electron chi connectivity index (χ4n) is 4.95. The van der Waals surface area contributed by atoms with E-state index >= 15 is 0 Å². The Hall–Kier alpha value is -1.85. The van der Waals surface area contributed by atoms with E-state index in [1.807, 2.05) is 36.4 Å². The van der Waals surface area contributed by atoms with Gasteiger partial charge in [-0.2, -0.15) is 0 Å². The summed E-state index contributed by atoms with van der Waals surface area (Å²) in [6.45, 7) is 4.82. The number of nitrogens with zero attached hydrogens (tertiary/aromatic N) is 1. The summed E-state index contributed by atoms with van der Waals surface area (Å²) in [5, 5.41) is 0. The number of likely N-dealkylation sites (tertiary alicyclic amines) is 1. The minimum absolute atomic E-state index is 0.123. The first-order valence-electron chi connectivity index (χ1n) is 10.7. The minimum atomic E-state index is -4.68. The molecule has 7 heteroatoms. The van der Waals surface area contributed by atoms with E-state index in [0.717, 1.165) is 43.5 Å². The van der Waals surface area contributed by atoms with Crippen molar-refractivity contribution in [2.75, 3.05) is 13.1 Å². The van der Waals surface area contributed by atoms with Crippen molar-refractivity contribution in [1.82, 2.24) is 4.90 Å². The van der Waals surface area contributed by atoms with E-state index in [1.165, 1.54) is 18.4 Å². The predicted molar refractivity (Wildman–Crippen MR) is 116 cm³/mol. The summed E-state index contributed by atoms with van der Waals surface area (Å²) in [6.07, 6.45) is 5.30. The molecule has 2 N–H and O–H groups in total. The highest BCUT2D eigenvalue weighted by atomic mass is 31.2. The van der Waals surface area contributed by atoms with E-state index in [-0.39, 0.29) is 5.75 Å². The molecule has 30 heavy (non-hydrogen) atoms. The largest absolute Gasteiger partial charge is 0.524 e. The molecule has 2 aromatic carbocycles. The Morgan fingerprint density at radius 3 is 2.67 bits per heavy atom. The van der Waals surface area contributed by atoms with Crippen molar-refractivity contribution in [3.63, 3.8) is 0 Å². The van der Waals surface area contributed by atoms with E-state index in [2.05, 4.69) is 11.8 Å². The summed E-state index contributed by atoms with van der Waals surface area (Å²) in [6, 6.07) is 13.9. The summed E-state index contributed by atoms with van der Waals surface area (Å²) in [5.74, 6) is 1.13. The number of hydrogen-bond acceptors (Lipinski definition) is 4. The maximum Gasteiger partial charge on any atom is 0.524 e. The quantitative estimate of drug-likeness (QED) is 0.636. The molecule has 0 saturated carbocycles. The van der Waals surface area contributed by atoms with Crippen molar-refractivity contribution in [2.24, 2.45) is 5.92 Å². The van der Waals surface area contributed by atoms with Gasteiger partial charge in [0.25, 0.3) is 0 Å². The zero-order chi connectivity index (χ0) is 21.1. The number of hydrogen-bond donors (Lipinski definition) is 2. The van der Waals surface area contributed by atoms with Gasteiger partial charge in [0.1, 0.15) is 6.61 Å². The molecule has 2 atom stereocenters. The van der Waals surface area contributed by atoms with Crippen LogP contribution in [0.3, 0.4) is 0 Å². The third kappa shape index (κ3) is 4.89. The highest BCUT2D eigenvalue weighted by Crippen LogP contribution is 2.47. The van der Waals surface area contributed by atoms with Crippen LogP contribution in [-0.2, 0) is 24.0 Å². The van der Waals surface area contributed by atoms with Crippen LogP contribution in [0.2, 0.25) is 0 Å². The van der Waals surface area contributed by atoms with Gasteiger partial charge in [-0.05, 0) is 68.3 Å². The van der Waals surface area contributed by atoms with E-state index in [9.17, 15) is 14.4 Å². The summed E-state index contributed by atoms with van der Waals surface area (Å²) < 4.78 is 22.7. The monoisotopic (exact) mass is 431 g/mol. The highest BCUT2D eigenvalue weighted by Gasteiger charge is 2.37. The summed E-state index contributed by atoms with van der Waals surface area (Å²) in [4.78, 5) is 21.4. The molecule has 6 nitrogen and oxygen atoms in total. The van der Waals surface area contributed by atoms with Crippen molar-refractivity contribution in [3.8, 4) is 11.5 Å². The van der Waals surface area contributed by atoms with Gasteiger partial charge >= 0.3 is 7.82 Å². The summed E-state index contributed by atoms with van der Waals surface area (Å²) in [5.41, 5.74) is 3.23. The molecule has 2 aliphatic rings. The maximum absolute atomic E-state index is 11.5. The number of benzene rings is 2. The molecule has 162 valence electrons. The Bertz CT molecular complexity index is 911. The Morgan fingerprint density at radius 2 is 1.93 bits per heavy atom. The van der Waals surface area contributed by atoms with E-state index < -0.39 is 7.82 Å². The van der Waals surface area contributed by atoms with Gasteiger partial charge in [0.2, 0.25) is 0 Å². The molecule has 2 aromatic rings. The standard InChI is InChI=1S/C23H30NO5P/c1-2-12-24-13-6-9-19-14-20-18(15-21(19)24)10-11-22(29-30(25,26)27)23(20)28-16-17-7-4-3-5-8-17/h3-5,7-8,10-11,19,21H,2,6,9,12-16H2,1H3,(H2,25,26,27)/t19-,21-/m1/s1. The van der Waals surface area contributed by atoms with Gasteiger partial charge in [-0.15, -0.1) is 0 Å². The van der Waals surface area contributed by atoms with Gasteiger partial charge in [-0.1, -0.05) is 43.3 Å². The van der Waals surface area contributed by atoms with Crippen molar-refractivity contribution < 1.29 is 23.6 Å². The van der Waals surface area contributed by atoms with Gasteiger partial charge in [-0.25, -0.2) is 4.57 Å². The molecule has 0 aromatic heterocycles. The van der Waals surface area contributed by atoms with Gasteiger partial charge in [-0.3, -0.25) is 14.7 Å². The van der Waals surface area contributed by atoms with E-state index in [0.29, 0.717) is 24.3 Å². The zero-order valence-electron chi connectivity index (χ0n) is 17.4. The number of piperidine rings is 1. The number of rotatable bonds is 7. The molecule has 1 aliphatic carbocycles. The average molecular weight is 431 g/mol. The Morgan fingerprint density at radius 1 is 1.13 bits per heavy atom. The molecular formula is C23H30NO5P. The molecule has 1 aliphatic heterocycles. The van der Waals surface area contributed by atoms with Crippen LogP contribution >= 0.6 is 7.82 Å². The minimum Gasteiger partial charge on any atom is -0.485 e. The molecule has 0 spiro atoms. The second-order valence-corrected chi connectivity index (χ2v) is 9.46. The fourth-order valence-corrected chi connectivity index (χ4v) is 5.35. The van der Waals surface area contributed by atoms with Crippen LogP contribution in [-0.4, -0.2) is 33.8 Å². The second-order valence-electron chi connectivity index (χ2n) is 8.30. The maximum atomic E-state index is 11.5. The fraction of sp³-hybridized carbons (Fsp3) is 0.478. The van der Waals surface area contributed by atoms with Gasteiger partial charge < -0.3 is 9.26 Å². The van der Waals surface area contributed by atoms with Crippen LogP contribution in [0.15, 0.2) is 42.5 Å². The van der Waals surface area contributed by atoms with Crippen molar-refractivity contribution in [1.29, 1.82) is 0 Å². The predicted octanol–water partition coefficient (Wildman–Crippen LogP) is 4.33. The smallest absolute Gasteiger partial charge is 0.485 e. The lowest BCUT2D eigenvalue weighted by molar-refractivity contribution is 0.0845. The van der Waals surface area contributed by atoms with Crippen LogP contribution in [0.1, 0.15) is 42.9 Å². The van der Waals surface area contributed by atoms with Gasteiger partial charge in [0.15, 0.2) is 11.5 Å². The first-order chi connectivity index (χ1) is 14.4. The molecule has 0 amide bonds. The van der Waals surface area contributed by atoms with Crippen molar-refractivity contribution >= 4 is 7.82 Å². The molecular weight excluding hydrogens is 401 g/mol. The first kappa shape index (κ1) is 21.4. The van der Waals surface area contributed by atoms with Crippen LogP contribution in [0.5, 0.6) is 11.5 Å². The lowest BCUT2D eigenvalue weighted by Gasteiger charge is -2.45. The third-order valence-corrected chi connectivity index (χ3v) is 6.64. The average Bonchev–Trinajstić information content (AvgIpc) is 2.72.